The normalized spacial score (nSPS) is 22.3. The van der Waals surface area contributed by atoms with Crippen LogP contribution in [0.25, 0.3) is 0 Å². The van der Waals surface area contributed by atoms with Crippen molar-refractivity contribution in [3.63, 3.8) is 0 Å². The first-order valence-electron chi connectivity index (χ1n) is 10.9. The molecule has 2 aliphatic rings. The van der Waals surface area contributed by atoms with Crippen LogP contribution in [0.4, 0.5) is 0 Å². The number of ether oxygens (including phenoxy) is 1. The van der Waals surface area contributed by atoms with E-state index in [0.717, 1.165) is 69.5 Å². The number of morpholine rings is 1. The summed E-state index contributed by atoms with van der Waals surface area (Å²) in [7, 11) is 0. The molecule has 2 N–H and O–H groups in total. The van der Waals surface area contributed by atoms with Crippen molar-refractivity contribution in [3.05, 3.63) is 24.2 Å². The van der Waals surface area contributed by atoms with Crippen LogP contribution in [0.2, 0.25) is 0 Å². The van der Waals surface area contributed by atoms with E-state index in [2.05, 4.69) is 48.1 Å². The summed E-state index contributed by atoms with van der Waals surface area (Å²) in [5, 5.41) is 8.25. The van der Waals surface area contributed by atoms with E-state index in [-0.39, 0.29) is 11.1 Å². The molecule has 0 spiro atoms. The predicted octanol–water partition coefficient (Wildman–Crippen LogP) is 2.99. The van der Waals surface area contributed by atoms with E-state index in [0.29, 0.717) is 12.6 Å². The number of thiocarbonyl (C=S) groups is 1. The van der Waals surface area contributed by atoms with Gasteiger partial charge in [0, 0.05) is 43.3 Å². The van der Waals surface area contributed by atoms with Crippen molar-refractivity contribution in [2.24, 2.45) is 0 Å². The van der Waals surface area contributed by atoms with Crippen LogP contribution >= 0.6 is 12.2 Å². The van der Waals surface area contributed by atoms with E-state index in [1.165, 1.54) is 0 Å². The second kappa shape index (κ2) is 9.77. The summed E-state index contributed by atoms with van der Waals surface area (Å²) in [4.78, 5) is 4.74. The van der Waals surface area contributed by atoms with E-state index in [1.807, 2.05) is 12.1 Å². The molecule has 0 aromatic carbocycles. The zero-order chi connectivity index (χ0) is 20.9. The minimum Gasteiger partial charge on any atom is -0.467 e. The lowest BCUT2D eigenvalue weighted by molar-refractivity contribution is 0.0367. The minimum absolute atomic E-state index is 0.0944. The average molecular weight is 423 g/mol. The highest BCUT2D eigenvalue weighted by atomic mass is 32.1. The second-order valence-electron chi connectivity index (χ2n) is 9.76. The van der Waals surface area contributed by atoms with Crippen molar-refractivity contribution < 1.29 is 9.15 Å². The first kappa shape index (κ1) is 22.5. The molecule has 29 heavy (non-hydrogen) atoms. The number of piperidine rings is 1. The summed E-state index contributed by atoms with van der Waals surface area (Å²) in [6.45, 7) is 15.5. The summed E-state index contributed by atoms with van der Waals surface area (Å²) in [5.41, 5.74) is 0.189. The van der Waals surface area contributed by atoms with Crippen molar-refractivity contribution in [1.29, 1.82) is 0 Å². The van der Waals surface area contributed by atoms with Crippen LogP contribution in [0.3, 0.4) is 0 Å². The number of nitrogens with zero attached hydrogens (tertiary/aromatic N) is 2. The first-order valence-corrected chi connectivity index (χ1v) is 11.3. The molecule has 7 heteroatoms. The lowest BCUT2D eigenvalue weighted by atomic mass is 9.80. The van der Waals surface area contributed by atoms with E-state index in [1.54, 1.807) is 6.26 Å². The molecule has 1 aromatic heterocycles. The fourth-order valence-corrected chi connectivity index (χ4v) is 5.17. The van der Waals surface area contributed by atoms with Crippen LogP contribution in [0.15, 0.2) is 22.8 Å². The van der Waals surface area contributed by atoms with Gasteiger partial charge in [-0.25, -0.2) is 0 Å². The molecular weight excluding hydrogens is 384 g/mol. The first-order chi connectivity index (χ1) is 13.7. The van der Waals surface area contributed by atoms with Crippen LogP contribution < -0.4 is 10.6 Å². The molecular formula is C22H38N4O2S. The summed E-state index contributed by atoms with van der Waals surface area (Å²) in [6.07, 6.45) is 4.92. The maximum atomic E-state index is 5.87. The molecule has 164 valence electrons. The van der Waals surface area contributed by atoms with E-state index < -0.39 is 0 Å². The number of furan rings is 1. The minimum atomic E-state index is 0.0944. The van der Waals surface area contributed by atoms with Gasteiger partial charge in [-0.05, 0) is 71.3 Å². The van der Waals surface area contributed by atoms with Gasteiger partial charge in [0.25, 0.3) is 0 Å². The van der Waals surface area contributed by atoms with Crippen LogP contribution in [-0.2, 0) is 11.3 Å². The molecule has 3 rings (SSSR count). The Labute approximate surface area is 181 Å². The second-order valence-corrected chi connectivity index (χ2v) is 10.1. The molecule has 0 bridgehead atoms. The molecule has 0 atom stereocenters. The monoisotopic (exact) mass is 422 g/mol. The van der Waals surface area contributed by atoms with Crippen molar-refractivity contribution in [1.82, 2.24) is 20.4 Å². The smallest absolute Gasteiger partial charge is 0.169 e. The average Bonchev–Trinajstić information content (AvgIpc) is 3.12. The topological polar surface area (TPSA) is 52.9 Å². The quantitative estimate of drug-likeness (QED) is 0.655. The highest BCUT2D eigenvalue weighted by Gasteiger charge is 2.38. The molecule has 0 saturated carbocycles. The molecule has 2 fully saturated rings. The number of rotatable bonds is 7. The van der Waals surface area contributed by atoms with Gasteiger partial charge in [-0.3, -0.25) is 4.90 Å². The molecule has 0 aliphatic carbocycles. The Morgan fingerprint density at radius 1 is 1.24 bits per heavy atom. The Hall–Kier alpha value is -1.15. The predicted molar refractivity (Wildman–Crippen MR) is 121 cm³/mol. The zero-order valence-corrected chi connectivity index (χ0v) is 19.3. The highest BCUT2D eigenvalue weighted by molar-refractivity contribution is 7.80. The van der Waals surface area contributed by atoms with Gasteiger partial charge in [0.05, 0.1) is 26.0 Å². The van der Waals surface area contributed by atoms with Gasteiger partial charge in [-0.2, -0.15) is 0 Å². The Kier molecular flexibility index (Phi) is 7.59. The van der Waals surface area contributed by atoms with Crippen LogP contribution in [0, 0.1) is 0 Å². The largest absolute Gasteiger partial charge is 0.467 e. The van der Waals surface area contributed by atoms with Gasteiger partial charge < -0.3 is 24.7 Å². The highest BCUT2D eigenvalue weighted by Crippen LogP contribution is 2.28. The maximum Gasteiger partial charge on any atom is 0.169 e. The number of hydrogen-bond donors (Lipinski definition) is 2. The third-order valence-electron chi connectivity index (χ3n) is 5.74. The number of nitrogens with one attached hydrogen (secondary N) is 2. The Balaban J connectivity index is 1.57. The third-order valence-corrected chi connectivity index (χ3v) is 6.11. The SMILES string of the molecule is CC1(C)CC(NC(=S)N(CCCN2CCOCC2)Cc2ccco2)CC(C)(C)N1. The van der Waals surface area contributed by atoms with Gasteiger partial charge in [-0.15, -0.1) is 0 Å². The van der Waals surface area contributed by atoms with Gasteiger partial charge in [0.1, 0.15) is 5.76 Å². The van der Waals surface area contributed by atoms with Gasteiger partial charge >= 0.3 is 0 Å². The Morgan fingerprint density at radius 3 is 2.55 bits per heavy atom. The van der Waals surface area contributed by atoms with Crippen molar-refractivity contribution in [2.75, 3.05) is 39.4 Å². The summed E-state index contributed by atoms with van der Waals surface area (Å²) in [6, 6.07) is 4.33. The van der Waals surface area contributed by atoms with E-state index in [9.17, 15) is 0 Å². The van der Waals surface area contributed by atoms with Crippen LogP contribution in [0.1, 0.15) is 52.7 Å². The van der Waals surface area contributed by atoms with Gasteiger partial charge in [0.15, 0.2) is 5.11 Å². The van der Waals surface area contributed by atoms with Crippen molar-refractivity contribution >= 4 is 17.3 Å². The zero-order valence-electron chi connectivity index (χ0n) is 18.5. The summed E-state index contributed by atoms with van der Waals surface area (Å²) < 4.78 is 11.1. The molecule has 3 heterocycles. The summed E-state index contributed by atoms with van der Waals surface area (Å²) >= 11 is 5.87. The van der Waals surface area contributed by atoms with Crippen molar-refractivity contribution in [3.8, 4) is 0 Å². The third kappa shape index (κ3) is 7.24. The molecule has 0 amide bonds. The molecule has 0 unspecified atom stereocenters. The maximum absolute atomic E-state index is 5.87. The fraction of sp³-hybridized carbons (Fsp3) is 0.773. The molecule has 0 radical (unpaired) electrons. The van der Waals surface area contributed by atoms with Crippen LogP contribution in [-0.4, -0.2) is 71.4 Å². The van der Waals surface area contributed by atoms with Gasteiger partial charge in [0.2, 0.25) is 0 Å². The number of hydrogen-bond acceptors (Lipinski definition) is 5. The van der Waals surface area contributed by atoms with E-state index >= 15 is 0 Å². The molecule has 2 saturated heterocycles. The lowest BCUT2D eigenvalue weighted by Crippen LogP contribution is -2.62. The fourth-order valence-electron chi connectivity index (χ4n) is 4.84. The Bertz CT molecular complexity index is 625. The molecule has 6 nitrogen and oxygen atoms in total. The van der Waals surface area contributed by atoms with E-state index in [4.69, 9.17) is 21.4 Å². The Morgan fingerprint density at radius 2 is 1.93 bits per heavy atom. The molecule has 1 aromatic rings. The van der Waals surface area contributed by atoms with Gasteiger partial charge in [-0.1, -0.05) is 0 Å². The van der Waals surface area contributed by atoms with Crippen molar-refractivity contribution in [2.45, 2.75) is 70.6 Å². The summed E-state index contributed by atoms with van der Waals surface area (Å²) in [5.74, 6) is 0.950. The lowest BCUT2D eigenvalue weighted by Gasteiger charge is -2.47. The standard InChI is InChI=1S/C22H38N4O2S/c1-21(2)15-18(16-22(3,4)24-21)23-20(29)26(17-19-7-5-12-28-19)9-6-8-25-10-13-27-14-11-25/h5,7,12,18,24H,6,8-11,13-17H2,1-4H3,(H,23,29). The molecule has 2 aliphatic heterocycles. The van der Waals surface area contributed by atoms with Crippen LogP contribution in [0.5, 0.6) is 0 Å².